The molecule has 46 heavy (non-hydrogen) atoms. The first-order valence-electron chi connectivity index (χ1n) is 15.3. The molecule has 5 aromatic rings. The minimum Gasteiger partial charge on any atom is -0.444 e. The van der Waals surface area contributed by atoms with Crippen LogP contribution in [0.4, 0.5) is 10.6 Å². The fourth-order valence-corrected chi connectivity index (χ4v) is 4.73. The van der Waals surface area contributed by atoms with Gasteiger partial charge in [0.1, 0.15) is 11.4 Å². The van der Waals surface area contributed by atoms with E-state index in [-0.39, 0.29) is 12.2 Å². The van der Waals surface area contributed by atoms with Crippen molar-refractivity contribution in [1.82, 2.24) is 34.8 Å². The minimum atomic E-state index is -0.711. The number of nitrogen functional groups attached to an aromatic ring is 1. The van der Waals surface area contributed by atoms with E-state index in [2.05, 4.69) is 25.5 Å². The average molecular weight is 623 g/mol. The van der Waals surface area contributed by atoms with Gasteiger partial charge in [-0.2, -0.15) is 10.2 Å². The molecule has 0 aliphatic carbocycles. The van der Waals surface area contributed by atoms with Gasteiger partial charge in [0, 0.05) is 60.8 Å². The molecule has 0 bridgehead atoms. The third-order valence-electron chi connectivity index (χ3n) is 6.94. The van der Waals surface area contributed by atoms with E-state index < -0.39 is 17.7 Å². The van der Waals surface area contributed by atoms with Crippen LogP contribution in [0, 0.1) is 0 Å². The lowest BCUT2D eigenvalue weighted by Gasteiger charge is -2.23. The zero-order valence-electron chi connectivity index (χ0n) is 27.1. The molecule has 0 saturated carbocycles. The van der Waals surface area contributed by atoms with Gasteiger partial charge in [-0.15, -0.1) is 0 Å². The topological polar surface area (TPSA) is 143 Å². The second kappa shape index (κ2) is 15.6. The van der Waals surface area contributed by atoms with Crippen molar-refractivity contribution in [2.24, 2.45) is 0 Å². The second-order valence-corrected chi connectivity index (χ2v) is 11.6. The summed E-state index contributed by atoms with van der Waals surface area (Å²) in [5.41, 5.74) is 10.5. The first-order valence-corrected chi connectivity index (χ1v) is 15.3. The maximum absolute atomic E-state index is 13.3. The molecular weight excluding hydrogens is 580 g/mol. The second-order valence-electron chi connectivity index (χ2n) is 11.6. The van der Waals surface area contributed by atoms with Gasteiger partial charge < -0.3 is 15.8 Å². The highest BCUT2D eigenvalue weighted by Gasteiger charge is 2.26. The first kappa shape index (κ1) is 33.6. The summed E-state index contributed by atoms with van der Waals surface area (Å²) < 4.78 is 8.98. The largest absolute Gasteiger partial charge is 0.444 e. The Morgan fingerprint density at radius 2 is 1.37 bits per heavy atom. The fraction of sp³-hybridized carbons (Fsp3) is 0.314. The van der Waals surface area contributed by atoms with E-state index in [4.69, 9.17) is 10.5 Å². The van der Waals surface area contributed by atoms with Crippen LogP contribution in [0.3, 0.4) is 0 Å². The molecule has 11 heteroatoms. The smallest absolute Gasteiger partial charge is 0.408 e. The molecule has 1 amide bonds. The summed E-state index contributed by atoms with van der Waals surface area (Å²) >= 11 is 0. The zero-order valence-corrected chi connectivity index (χ0v) is 27.1. The quantitative estimate of drug-likeness (QED) is 0.200. The number of anilines is 1. The highest BCUT2D eigenvalue weighted by atomic mass is 16.6. The van der Waals surface area contributed by atoms with Crippen LogP contribution in [-0.4, -0.2) is 53.0 Å². The van der Waals surface area contributed by atoms with Gasteiger partial charge in [0.2, 0.25) is 0 Å². The van der Waals surface area contributed by atoms with Gasteiger partial charge >= 0.3 is 6.09 Å². The molecule has 0 saturated heterocycles. The van der Waals surface area contributed by atoms with Crippen molar-refractivity contribution < 1.29 is 14.3 Å². The highest BCUT2D eigenvalue weighted by Crippen LogP contribution is 2.20. The van der Waals surface area contributed by atoms with E-state index in [0.29, 0.717) is 18.8 Å². The number of amides is 1. The first-order chi connectivity index (χ1) is 22.1. The van der Waals surface area contributed by atoms with Crippen LogP contribution in [0.15, 0.2) is 91.5 Å². The molecule has 4 aromatic heterocycles. The number of pyridine rings is 2. The predicted octanol–water partition coefficient (Wildman–Crippen LogP) is 5.76. The van der Waals surface area contributed by atoms with Crippen molar-refractivity contribution in [1.29, 1.82) is 0 Å². The molecule has 1 aromatic carbocycles. The molecular formula is C35H42N8O3. The Hall–Kier alpha value is -5.32. The van der Waals surface area contributed by atoms with E-state index in [9.17, 15) is 9.59 Å². The lowest BCUT2D eigenvalue weighted by atomic mass is 9.99. The molecule has 3 N–H and O–H groups in total. The van der Waals surface area contributed by atoms with E-state index in [1.165, 1.54) is 0 Å². The van der Waals surface area contributed by atoms with Crippen molar-refractivity contribution in [2.75, 3.05) is 5.73 Å². The van der Waals surface area contributed by atoms with Crippen LogP contribution in [-0.2, 0) is 35.5 Å². The summed E-state index contributed by atoms with van der Waals surface area (Å²) in [6.45, 7) is 10.8. The Kier molecular flexibility index (Phi) is 11.4. The number of aryl methyl sites for hydroxylation is 2. The number of nitrogens with two attached hydrogens (primary N) is 1. The number of aromatic nitrogens is 6. The van der Waals surface area contributed by atoms with Crippen molar-refractivity contribution in [2.45, 2.75) is 72.2 Å². The van der Waals surface area contributed by atoms with Crippen molar-refractivity contribution in [3.05, 3.63) is 103 Å². The van der Waals surface area contributed by atoms with Crippen LogP contribution in [0.2, 0.25) is 0 Å². The lowest BCUT2D eigenvalue weighted by Crippen LogP contribution is -2.45. The lowest BCUT2D eigenvalue weighted by molar-refractivity contribution is -0.120. The van der Waals surface area contributed by atoms with Crippen LogP contribution in [0.25, 0.3) is 22.5 Å². The van der Waals surface area contributed by atoms with Crippen molar-refractivity contribution >= 4 is 17.7 Å². The molecule has 1 atom stereocenters. The van der Waals surface area contributed by atoms with E-state index >= 15 is 0 Å². The minimum absolute atomic E-state index is 0.101. The molecule has 4 heterocycles. The number of hydrogen-bond donors (Lipinski definition) is 2. The van der Waals surface area contributed by atoms with Gasteiger partial charge in [-0.3, -0.25) is 19.4 Å². The molecule has 0 aliphatic heterocycles. The highest BCUT2D eigenvalue weighted by molar-refractivity contribution is 5.89. The van der Waals surface area contributed by atoms with E-state index in [0.717, 1.165) is 40.3 Å². The average Bonchev–Trinajstić information content (AvgIpc) is 3.64. The Morgan fingerprint density at radius 3 is 1.89 bits per heavy atom. The van der Waals surface area contributed by atoms with Gasteiger partial charge in [0.25, 0.3) is 0 Å². The monoisotopic (exact) mass is 622 g/mol. The van der Waals surface area contributed by atoms with Gasteiger partial charge in [-0.1, -0.05) is 30.3 Å². The SMILES string of the molecule is CCn1nc(-c2ccncc2)cc1CC(=O)[C@H](Cc1ccccc1)NC(=O)OC(C)(C)C.CCn1nc(-c2ccncc2)cc1N. The standard InChI is InChI=1S/C25H30N4O3.C10H12N4/c1-5-29-20(16-21(28-29)19-11-13-26-14-12-19)17-23(30)22(15-18-9-7-6-8-10-18)27-24(31)32-25(2,3)4;1-2-14-10(11)7-9(13-14)8-3-5-12-6-4-8/h6-14,16,22H,5,15,17H2,1-4H3,(H,27,31);3-7H,2,11H2,1H3/t22-;/m0./s1. The molecule has 0 spiro atoms. The normalized spacial score (nSPS) is 11.7. The molecule has 0 unspecified atom stereocenters. The van der Waals surface area contributed by atoms with Crippen LogP contribution in [0.5, 0.6) is 0 Å². The Balaban J connectivity index is 0.000000284. The number of carbonyl (C=O) groups excluding carboxylic acids is 2. The van der Waals surface area contributed by atoms with Gasteiger partial charge in [-0.05, 0) is 76.9 Å². The summed E-state index contributed by atoms with van der Waals surface area (Å²) in [7, 11) is 0. The van der Waals surface area contributed by atoms with E-state index in [1.54, 1.807) is 50.2 Å². The molecule has 0 aliphatic rings. The van der Waals surface area contributed by atoms with Crippen molar-refractivity contribution in [3.63, 3.8) is 0 Å². The number of carbonyl (C=O) groups is 2. The van der Waals surface area contributed by atoms with Gasteiger partial charge in [0.15, 0.2) is 5.78 Å². The number of Topliss-reactive ketones (excluding diaryl/α,β-unsaturated/α-hetero) is 1. The number of ether oxygens (including phenoxy) is 1. The molecule has 0 radical (unpaired) electrons. The summed E-state index contributed by atoms with van der Waals surface area (Å²) in [6, 6.07) is 20.3. The molecule has 11 nitrogen and oxygen atoms in total. The number of ketones is 1. The maximum Gasteiger partial charge on any atom is 0.408 e. The molecule has 240 valence electrons. The Labute approximate surface area is 269 Å². The number of alkyl carbamates (subject to hydrolysis) is 1. The summed E-state index contributed by atoms with van der Waals surface area (Å²) in [5, 5.41) is 11.8. The Bertz CT molecular complexity index is 1690. The number of hydrogen-bond acceptors (Lipinski definition) is 8. The van der Waals surface area contributed by atoms with Crippen LogP contribution in [0.1, 0.15) is 45.9 Å². The summed E-state index contributed by atoms with van der Waals surface area (Å²) in [5.74, 6) is 0.593. The zero-order chi connectivity index (χ0) is 33.1. The van der Waals surface area contributed by atoms with Gasteiger partial charge in [0.05, 0.1) is 23.9 Å². The van der Waals surface area contributed by atoms with E-state index in [1.807, 2.05) is 85.3 Å². The van der Waals surface area contributed by atoms with Crippen LogP contribution >= 0.6 is 0 Å². The third kappa shape index (κ3) is 9.59. The Morgan fingerprint density at radius 1 is 0.826 bits per heavy atom. The number of rotatable bonds is 10. The fourth-order valence-electron chi connectivity index (χ4n) is 4.73. The third-order valence-corrected chi connectivity index (χ3v) is 6.94. The molecule has 5 rings (SSSR count). The number of benzene rings is 1. The maximum atomic E-state index is 13.3. The van der Waals surface area contributed by atoms with Crippen molar-refractivity contribution in [3.8, 4) is 22.5 Å². The van der Waals surface area contributed by atoms with Crippen LogP contribution < -0.4 is 11.1 Å². The number of nitrogens with zero attached hydrogens (tertiary/aromatic N) is 6. The predicted molar refractivity (Wildman–Crippen MR) is 179 cm³/mol. The van der Waals surface area contributed by atoms with Gasteiger partial charge in [-0.25, -0.2) is 9.48 Å². The summed E-state index contributed by atoms with van der Waals surface area (Å²) in [6.07, 6.45) is 6.85. The molecule has 0 fully saturated rings. The number of nitrogens with one attached hydrogen (secondary N) is 1. The summed E-state index contributed by atoms with van der Waals surface area (Å²) in [4.78, 5) is 33.7.